The first-order chi connectivity index (χ1) is 16.6. The number of hydrogen-bond donors (Lipinski definition) is 0. The van der Waals surface area contributed by atoms with Crippen LogP contribution in [0.5, 0.6) is 0 Å². The van der Waals surface area contributed by atoms with Crippen LogP contribution in [-0.2, 0) is 22.6 Å². The summed E-state index contributed by atoms with van der Waals surface area (Å²) in [6.45, 7) is 3.11. The Morgan fingerprint density at radius 3 is 1.97 bits per heavy atom. The van der Waals surface area contributed by atoms with Gasteiger partial charge >= 0.3 is 11.9 Å². The average Bonchev–Trinajstić information content (AvgIpc) is 2.88. The van der Waals surface area contributed by atoms with Crippen LogP contribution < -0.4 is 4.90 Å². The van der Waals surface area contributed by atoms with E-state index in [1.165, 1.54) is 13.3 Å². The first-order valence-corrected chi connectivity index (χ1v) is 11.1. The number of anilines is 1. The molecule has 0 saturated carbocycles. The quantitative estimate of drug-likeness (QED) is 0.332. The van der Waals surface area contributed by atoms with E-state index in [1.54, 1.807) is 19.1 Å². The number of methoxy groups -OCH3 is 1. The normalized spacial score (nSPS) is 10.6. The highest BCUT2D eigenvalue weighted by Gasteiger charge is 2.24. The number of esters is 2. The Kier molecular flexibility index (Phi) is 7.18. The number of carbonyl (C=O) groups excluding carboxylic acids is 2. The summed E-state index contributed by atoms with van der Waals surface area (Å²) in [4.78, 5) is 32.1. The zero-order valence-corrected chi connectivity index (χ0v) is 19.2. The predicted octanol–water partition coefficient (Wildman–Crippen LogP) is 5.40. The molecule has 0 radical (unpaired) electrons. The van der Waals surface area contributed by atoms with Crippen LogP contribution in [0.2, 0.25) is 0 Å². The number of hydrogen-bond acceptors (Lipinski definition) is 6. The fourth-order valence-electron chi connectivity index (χ4n) is 4.00. The highest BCUT2D eigenvalue weighted by Crippen LogP contribution is 2.34. The highest BCUT2D eigenvalue weighted by atomic mass is 16.5. The van der Waals surface area contributed by atoms with Gasteiger partial charge in [0, 0.05) is 24.7 Å². The van der Waals surface area contributed by atoms with Gasteiger partial charge in [0.2, 0.25) is 0 Å². The molecule has 0 aliphatic heterocycles. The smallest absolute Gasteiger partial charge is 0.341 e. The Morgan fingerprint density at radius 1 is 0.794 bits per heavy atom. The number of carbonyl (C=O) groups is 2. The van der Waals surface area contributed by atoms with E-state index in [4.69, 9.17) is 9.47 Å². The van der Waals surface area contributed by atoms with Crippen LogP contribution in [-0.4, -0.2) is 30.6 Å². The van der Waals surface area contributed by atoms with Gasteiger partial charge in [0.25, 0.3) is 0 Å². The third-order valence-electron chi connectivity index (χ3n) is 5.52. The van der Waals surface area contributed by atoms with Crippen molar-refractivity contribution in [2.75, 3.05) is 18.6 Å². The van der Waals surface area contributed by atoms with Crippen molar-refractivity contribution in [2.45, 2.75) is 20.0 Å². The van der Waals surface area contributed by atoms with Gasteiger partial charge in [0.1, 0.15) is 5.56 Å². The lowest BCUT2D eigenvalue weighted by Crippen LogP contribution is -2.25. The van der Waals surface area contributed by atoms with E-state index in [0.717, 1.165) is 11.1 Å². The molecule has 0 unspecified atom stereocenters. The lowest BCUT2D eigenvalue weighted by molar-refractivity contribution is 0.0526. The number of fused-ring (bicyclic) bond motifs is 1. The maximum Gasteiger partial charge on any atom is 0.341 e. The van der Waals surface area contributed by atoms with E-state index < -0.39 is 11.9 Å². The first-order valence-electron chi connectivity index (χ1n) is 11.1. The maximum atomic E-state index is 13.0. The van der Waals surface area contributed by atoms with Crippen molar-refractivity contribution in [2.24, 2.45) is 0 Å². The molecule has 0 amide bonds. The van der Waals surface area contributed by atoms with Gasteiger partial charge in [-0.1, -0.05) is 72.8 Å². The van der Waals surface area contributed by atoms with Crippen molar-refractivity contribution in [1.29, 1.82) is 0 Å². The standard InChI is InChI=1S/C28H26N2O4/c1-3-34-28(32)24-17-29-25-22(15-10-16-23(25)27(31)33-2)26(24)30(18-20-11-6-4-7-12-20)19-21-13-8-5-9-14-21/h4-17H,3,18-19H2,1-2H3. The van der Waals surface area contributed by atoms with E-state index in [-0.39, 0.29) is 6.61 Å². The molecule has 0 atom stereocenters. The van der Waals surface area contributed by atoms with Crippen LogP contribution >= 0.6 is 0 Å². The van der Waals surface area contributed by atoms with Crippen molar-refractivity contribution in [3.8, 4) is 0 Å². The molecule has 4 rings (SSSR count). The molecule has 172 valence electrons. The molecular weight excluding hydrogens is 428 g/mol. The number of ether oxygens (including phenoxy) is 2. The zero-order valence-electron chi connectivity index (χ0n) is 19.2. The van der Waals surface area contributed by atoms with Crippen molar-refractivity contribution in [1.82, 2.24) is 4.98 Å². The number of pyridine rings is 1. The van der Waals surface area contributed by atoms with Crippen LogP contribution in [0.15, 0.2) is 85.1 Å². The van der Waals surface area contributed by atoms with Crippen molar-refractivity contribution in [3.63, 3.8) is 0 Å². The van der Waals surface area contributed by atoms with Crippen LogP contribution in [0, 0.1) is 0 Å². The third kappa shape index (κ3) is 4.91. The largest absolute Gasteiger partial charge is 0.465 e. The van der Waals surface area contributed by atoms with Crippen molar-refractivity contribution in [3.05, 3.63) is 107 Å². The summed E-state index contributed by atoms with van der Waals surface area (Å²) < 4.78 is 10.3. The first kappa shape index (κ1) is 23.0. The summed E-state index contributed by atoms with van der Waals surface area (Å²) in [6, 6.07) is 25.4. The van der Waals surface area contributed by atoms with Gasteiger partial charge in [-0.3, -0.25) is 4.98 Å². The third-order valence-corrected chi connectivity index (χ3v) is 5.52. The van der Waals surface area contributed by atoms with Crippen LogP contribution in [0.3, 0.4) is 0 Å². The number of aromatic nitrogens is 1. The molecule has 1 aromatic heterocycles. The van der Waals surface area contributed by atoms with E-state index in [2.05, 4.69) is 9.88 Å². The fourth-order valence-corrected chi connectivity index (χ4v) is 4.00. The van der Waals surface area contributed by atoms with E-state index in [0.29, 0.717) is 40.8 Å². The lowest BCUT2D eigenvalue weighted by Gasteiger charge is -2.28. The molecule has 4 aromatic rings. The Morgan fingerprint density at radius 2 is 1.41 bits per heavy atom. The Labute approximate surface area is 198 Å². The molecule has 0 aliphatic carbocycles. The van der Waals surface area contributed by atoms with Gasteiger partial charge in [0.15, 0.2) is 0 Å². The second kappa shape index (κ2) is 10.6. The van der Waals surface area contributed by atoms with Crippen LogP contribution in [0.4, 0.5) is 5.69 Å². The van der Waals surface area contributed by atoms with Crippen LogP contribution in [0.25, 0.3) is 10.9 Å². The topological polar surface area (TPSA) is 68.7 Å². The molecule has 3 aromatic carbocycles. The summed E-state index contributed by atoms with van der Waals surface area (Å²) in [5.41, 5.74) is 4.01. The van der Waals surface area contributed by atoms with E-state index >= 15 is 0 Å². The zero-order chi connectivity index (χ0) is 23.9. The molecule has 0 bridgehead atoms. The van der Waals surface area contributed by atoms with Gasteiger partial charge in [-0.15, -0.1) is 0 Å². The Hall–Kier alpha value is -4.19. The predicted molar refractivity (Wildman–Crippen MR) is 132 cm³/mol. The Bertz CT molecular complexity index is 1250. The monoisotopic (exact) mass is 454 g/mol. The molecule has 1 heterocycles. The summed E-state index contributed by atoms with van der Waals surface area (Å²) >= 11 is 0. The molecule has 0 spiro atoms. The van der Waals surface area contributed by atoms with Gasteiger partial charge in [-0.25, -0.2) is 9.59 Å². The molecule has 0 N–H and O–H groups in total. The Balaban J connectivity index is 1.95. The minimum Gasteiger partial charge on any atom is -0.465 e. The summed E-state index contributed by atoms with van der Waals surface area (Å²) in [6.07, 6.45) is 1.49. The maximum absolute atomic E-state index is 13.0. The molecular formula is C28H26N2O4. The molecule has 0 aliphatic rings. The second-order valence-electron chi connectivity index (χ2n) is 7.76. The molecule has 6 heteroatoms. The summed E-state index contributed by atoms with van der Waals surface area (Å²) in [5.74, 6) is -0.938. The van der Waals surface area contributed by atoms with Gasteiger partial charge < -0.3 is 14.4 Å². The number of rotatable bonds is 8. The highest BCUT2D eigenvalue weighted by molar-refractivity contribution is 6.10. The number of benzene rings is 3. The fraction of sp³-hybridized carbons (Fsp3) is 0.179. The van der Waals surface area contributed by atoms with Gasteiger partial charge in [-0.05, 0) is 24.1 Å². The molecule has 34 heavy (non-hydrogen) atoms. The minimum absolute atomic E-state index is 0.246. The molecule has 0 saturated heterocycles. The van der Waals surface area contributed by atoms with E-state index in [1.807, 2.05) is 66.7 Å². The lowest BCUT2D eigenvalue weighted by atomic mass is 10.0. The molecule has 0 fully saturated rings. The molecule has 6 nitrogen and oxygen atoms in total. The van der Waals surface area contributed by atoms with Gasteiger partial charge in [0.05, 0.1) is 30.5 Å². The van der Waals surface area contributed by atoms with E-state index in [9.17, 15) is 9.59 Å². The second-order valence-corrected chi connectivity index (χ2v) is 7.76. The summed E-state index contributed by atoms with van der Waals surface area (Å²) in [5, 5.41) is 0.681. The van der Waals surface area contributed by atoms with Crippen molar-refractivity contribution < 1.29 is 19.1 Å². The number of nitrogens with zero attached hydrogens (tertiary/aromatic N) is 2. The SMILES string of the molecule is CCOC(=O)c1cnc2c(C(=O)OC)cccc2c1N(Cc1ccccc1)Cc1ccccc1. The minimum atomic E-state index is -0.481. The number of para-hydroxylation sites is 1. The van der Waals surface area contributed by atoms with Gasteiger partial charge in [-0.2, -0.15) is 0 Å². The summed E-state index contributed by atoms with van der Waals surface area (Å²) in [7, 11) is 1.34. The van der Waals surface area contributed by atoms with Crippen LogP contribution in [0.1, 0.15) is 38.8 Å². The van der Waals surface area contributed by atoms with Crippen molar-refractivity contribution >= 4 is 28.5 Å². The average molecular weight is 455 g/mol.